The molecule has 166 valence electrons. The van der Waals surface area contributed by atoms with Crippen molar-refractivity contribution in [3.63, 3.8) is 0 Å². The molecule has 4 rings (SSSR count). The van der Waals surface area contributed by atoms with Crippen molar-refractivity contribution in [3.8, 4) is 11.6 Å². The SMILES string of the molecule is O=C(NCc1cccc(Oc2ccccn2)c1)c1ccc(S(=O)(=O)N2CCOCC2)cc1. The third-order valence-corrected chi connectivity index (χ3v) is 6.85. The van der Waals surface area contributed by atoms with Crippen molar-refractivity contribution in [3.05, 3.63) is 84.1 Å². The third-order valence-electron chi connectivity index (χ3n) is 4.94. The first-order chi connectivity index (χ1) is 15.5. The minimum Gasteiger partial charge on any atom is -0.439 e. The van der Waals surface area contributed by atoms with Crippen molar-refractivity contribution in [2.24, 2.45) is 0 Å². The predicted octanol–water partition coefficient (Wildman–Crippen LogP) is 2.82. The topological polar surface area (TPSA) is 97.8 Å². The molecule has 8 nitrogen and oxygen atoms in total. The standard InChI is InChI=1S/C23H23N3O5S/c27-23(19-7-9-21(10-8-19)32(28,29)26-12-14-30-15-13-26)25-17-18-4-3-5-20(16-18)31-22-6-1-2-11-24-22/h1-11,16H,12-15,17H2,(H,25,27). The molecule has 2 aromatic carbocycles. The molecule has 0 saturated carbocycles. The van der Waals surface area contributed by atoms with Crippen LogP contribution in [0.5, 0.6) is 11.6 Å². The number of morpholine rings is 1. The van der Waals surface area contributed by atoms with Gasteiger partial charge in [-0.1, -0.05) is 18.2 Å². The molecule has 32 heavy (non-hydrogen) atoms. The number of rotatable bonds is 7. The fourth-order valence-corrected chi connectivity index (χ4v) is 4.65. The lowest BCUT2D eigenvalue weighted by Crippen LogP contribution is -2.40. The van der Waals surface area contributed by atoms with Gasteiger partial charge in [0, 0.05) is 37.5 Å². The van der Waals surface area contributed by atoms with Crippen LogP contribution < -0.4 is 10.1 Å². The molecule has 2 heterocycles. The number of aromatic nitrogens is 1. The first-order valence-corrected chi connectivity index (χ1v) is 11.6. The Morgan fingerprint density at radius 1 is 1.03 bits per heavy atom. The minimum absolute atomic E-state index is 0.162. The smallest absolute Gasteiger partial charge is 0.251 e. The van der Waals surface area contributed by atoms with Crippen molar-refractivity contribution in [2.45, 2.75) is 11.4 Å². The van der Waals surface area contributed by atoms with E-state index in [2.05, 4.69) is 10.3 Å². The molecular formula is C23H23N3O5S. The van der Waals surface area contributed by atoms with E-state index in [4.69, 9.17) is 9.47 Å². The van der Waals surface area contributed by atoms with Crippen LogP contribution >= 0.6 is 0 Å². The number of sulfonamides is 1. The molecule has 0 radical (unpaired) electrons. The summed E-state index contributed by atoms with van der Waals surface area (Å²) in [5, 5.41) is 2.84. The van der Waals surface area contributed by atoms with E-state index in [-0.39, 0.29) is 10.8 Å². The van der Waals surface area contributed by atoms with E-state index in [0.717, 1.165) is 5.56 Å². The van der Waals surface area contributed by atoms with Gasteiger partial charge >= 0.3 is 0 Å². The second kappa shape index (κ2) is 9.90. The molecule has 1 fully saturated rings. The van der Waals surface area contributed by atoms with Crippen LogP contribution in [0.25, 0.3) is 0 Å². The Kier molecular flexibility index (Phi) is 6.79. The fraction of sp³-hybridized carbons (Fsp3) is 0.217. The summed E-state index contributed by atoms with van der Waals surface area (Å²) < 4.78 is 37.7. The Hall–Kier alpha value is -3.27. The van der Waals surface area contributed by atoms with Gasteiger partial charge in [0.2, 0.25) is 15.9 Å². The second-order valence-corrected chi connectivity index (χ2v) is 9.08. The highest BCUT2D eigenvalue weighted by atomic mass is 32.2. The summed E-state index contributed by atoms with van der Waals surface area (Å²) in [7, 11) is -3.59. The molecule has 3 aromatic rings. The average molecular weight is 454 g/mol. The zero-order chi connectivity index (χ0) is 22.4. The Balaban J connectivity index is 1.37. The van der Waals surface area contributed by atoms with Gasteiger partial charge in [-0.3, -0.25) is 4.79 Å². The zero-order valence-corrected chi connectivity index (χ0v) is 18.1. The second-order valence-electron chi connectivity index (χ2n) is 7.14. The molecule has 1 N–H and O–H groups in total. The lowest BCUT2D eigenvalue weighted by molar-refractivity contribution is 0.0730. The number of hydrogen-bond acceptors (Lipinski definition) is 6. The first kappa shape index (κ1) is 21.9. The van der Waals surface area contributed by atoms with E-state index >= 15 is 0 Å². The van der Waals surface area contributed by atoms with Gasteiger partial charge in [0.05, 0.1) is 18.1 Å². The number of ether oxygens (including phenoxy) is 2. The van der Waals surface area contributed by atoms with Gasteiger partial charge in [-0.15, -0.1) is 0 Å². The molecule has 1 saturated heterocycles. The molecule has 1 amide bonds. The van der Waals surface area contributed by atoms with Gasteiger partial charge in [0.15, 0.2) is 0 Å². The third kappa shape index (κ3) is 5.31. The number of amides is 1. The average Bonchev–Trinajstić information content (AvgIpc) is 2.84. The summed E-state index contributed by atoms with van der Waals surface area (Å²) in [5.41, 5.74) is 1.24. The minimum atomic E-state index is -3.59. The van der Waals surface area contributed by atoms with Gasteiger partial charge in [-0.05, 0) is 48.0 Å². The van der Waals surface area contributed by atoms with Crippen molar-refractivity contribution >= 4 is 15.9 Å². The van der Waals surface area contributed by atoms with E-state index in [1.54, 1.807) is 12.3 Å². The lowest BCUT2D eigenvalue weighted by Gasteiger charge is -2.26. The van der Waals surface area contributed by atoms with Gasteiger partial charge in [-0.25, -0.2) is 13.4 Å². The van der Waals surface area contributed by atoms with Gasteiger partial charge < -0.3 is 14.8 Å². The monoisotopic (exact) mass is 453 g/mol. The Labute approximate surface area is 186 Å². The number of pyridine rings is 1. The summed E-state index contributed by atoms with van der Waals surface area (Å²) >= 11 is 0. The largest absolute Gasteiger partial charge is 0.439 e. The van der Waals surface area contributed by atoms with E-state index in [0.29, 0.717) is 50.0 Å². The molecule has 0 spiro atoms. The summed E-state index contributed by atoms with van der Waals surface area (Å²) in [4.78, 5) is 16.8. The number of nitrogens with one attached hydrogen (secondary N) is 1. The highest BCUT2D eigenvalue weighted by molar-refractivity contribution is 7.89. The van der Waals surface area contributed by atoms with Crippen LogP contribution in [0.1, 0.15) is 15.9 Å². The highest BCUT2D eigenvalue weighted by Crippen LogP contribution is 2.20. The van der Waals surface area contributed by atoms with Crippen LogP contribution in [0.4, 0.5) is 0 Å². The molecule has 1 aliphatic rings. The van der Waals surface area contributed by atoms with Gasteiger partial charge in [0.25, 0.3) is 5.91 Å². The van der Waals surface area contributed by atoms with E-state index in [1.165, 1.54) is 28.6 Å². The molecule has 0 unspecified atom stereocenters. The number of carbonyl (C=O) groups is 1. The molecule has 1 aliphatic heterocycles. The maximum absolute atomic E-state index is 12.7. The van der Waals surface area contributed by atoms with Crippen molar-refractivity contribution in [1.29, 1.82) is 0 Å². The maximum atomic E-state index is 12.7. The Bertz CT molecular complexity index is 1160. The number of benzene rings is 2. The van der Waals surface area contributed by atoms with E-state index < -0.39 is 10.0 Å². The summed E-state index contributed by atoms with van der Waals surface area (Å²) in [6.07, 6.45) is 1.65. The van der Waals surface area contributed by atoms with E-state index in [9.17, 15) is 13.2 Å². The van der Waals surface area contributed by atoms with Crippen LogP contribution in [0.2, 0.25) is 0 Å². The van der Waals surface area contributed by atoms with Crippen molar-refractivity contribution < 1.29 is 22.7 Å². The predicted molar refractivity (Wildman–Crippen MR) is 118 cm³/mol. The van der Waals surface area contributed by atoms with Crippen LogP contribution in [0.3, 0.4) is 0 Å². The van der Waals surface area contributed by atoms with Crippen LogP contribution in [-0.4, -0.2) is 49.9 Å². The normalized spacial score (nSPS) is 14.6. The quantitative estimate of drug-likeness (QED) is 0.591. The number of nitrogens with zero attached hydrogens (tertiary/aromatic N) is 2. The molecule has 9 heteroatoms. The highest BCUT2D eigenvalue weighted by Gasteiger charge is 2.26. The molecule has 1 aromatic heterocycles. The van der Waals surface area contributed by atoms with Crippen LogP contribution in [0, 0.1) is 0 Å². The van der Waals surface area contributed by atoms with Gasteiger partial charge in [0.1, 0.15) is 5.75 Å². The summed E-state index contributed by atoms with van der Waals surface area (Å²) in [6, 6.07) is 18.7. The lowest BCUT2D eigenvalue weighted by atomic mass is 10.2. The maximum Gasteiger partial charge on any atom is 0.251 e. The van der Waals surface area contributed by atoms with Crippen LogP contribution in [-0.2, 0) is 21.3 Å². The summed E-state index contributed by atoms with van der Waals surface area (Å²) in [6.45, 7) is 1.72. The van der Waals surface area contributed by atoms with Crippen LogP contribution in [0.15, 0.2) is 77.8 Å². The molecule has 0 aliphatic carbocycles. The van der Waals surface area contributed by atoms with Crippen molar-refractivity contribution in [1.82, 2.24) is 14.6 Å². The summed E-state index contributed by atoms with van der Waals surface area (Å²) in [5.74, 6) is 0.810. The zero-order valence-electron chi connectivity index (χ0n) is 17.3. The van der Waals surface area contributed by atoms with Crippen molar-refractivity contribution in [2.75, 3.05) is 26.3 Å². The molecule has 0 atom stereocenters. The van der Waals surface area contributed by atoms with E-state index in [1.807, 2.05) is 36.4 Å². The molecular weight excluding hydrogens is 430 g/mol. The number of carbonyl (C=O) groups excluding carboxylic acids is 1. The number of hydrogen-bond donors (Lipinski definition) is 1. The Morgan fingerprint density at radius 3 is 2.53 bits per heavy atom. The van der Waals surface area contributed by atoms with Gasteiger partial charge in [-0.2, -0.15) is 4.31 Å². The first-order valence-electron chi connectivity index (χ1n) is 10.2. The molecule has 0 bridgehead atoms. The Morgan fingerprint density at radius 2 is 1.81 bits per heavy atom. The fourth-order valence-electron chi connectivity index (χ4n) is 3.25.